The van der Waals surface area contributed by atoms with E-state index < -0.39 is 32.2 Å². The van der Waals surface area contributed by atoms with E-state index in [0.717, 1.165) is 0 Å². The van der Waals surface area contributed by atoms with Crippen molar-refractivity contribution < 1.29 is 28.1 Å². The van der Waals surface area contributed by atoms with E-state index in [1.54, 1.807) is 48.7 Å². The van der Waals surface area contributed by atoms with E-state index in [2.05, 4.69) is 30.1 Å². The molecule has 14 nitrogen and oxygen atoms in total. The van der Waals surface area contributed by atoms with Crippen molar-refractivity contribution in [2.75, 3.05) is 19.8 Å². The Morgan fingerprint density at radius 3 is 2.89 bits per heavy atom. The molecule has 37 heavy (non-hydrogen) atoms. The number of halogens is 1. The lowest BCUT2D eigenvalue weighted by Crippen LogP contribution is -2.33. The molecule has 3 aromatic rings. The molecule has 16 heteroatoms. The molecule has 1 aromatic carbocycles. The molecule has 0 bridgehead atoms. The monoisotopic (exact) mass is 552 g/mol. The van der Waals surface area contributed by atoms with E-state index in [0.29, 0.717) is 29.9 Å². The number of azide groups is 1. The maximum atomic E-state index is 13.7. The average molecular weight is 553 g/mol. The Kier molecular flexibility index (Phi) is 9.30. The first-order chi connectivity index (χ1) is 17.9. The van der Waals surface area contributed by atoms with Crippen LogP contribution < -0.4 is 9.61 Å². The number of hydrogen-bond donors (Lipinski definition) is 1. The lowest BCUT2D eigenvalue weighted by molar-refractivity contribution is -0.293. The average Bonchev–Trinajstić information content (AvgIpc) is 3.49. The number of imidazole rings is 1. The van der Waals surface area contributed by atoms with E-state index in [1.165, 1.54) is 12.7 Å². The van der Waals surface area contributed by atoms with Crippen molar-refractivity contribution >= 4 is 30.5 Å². The summed E-state index contributed by atoms with van der Waals surface area (Å²) in [7, 11) is -3.93. The van der Waals surface area contributed by atoms with E-state index >= 15 is 0 Å². The second kappa shape index (κ2) is 12.6. The van der Waals surface area contributed by atoms with E-state index in [4.69, 9.17) is 40.7 Å². The van der Waals surface area contributed by atoms with Gasteiger partial charge in [0.15, 0.2) is 10.8 Å². The first kappa shape index (κ1) is 27.2. The second-order valence-electron chi connectivity index (χ2n) is 8.04. The van der Waals surface area contributed by atoms with Gasteiger partial charge in [0.2, 0.25) is 0 Å². The summed E-state index contributed by atoms with van der Waals surface area (Å²) in [5.41, 5.74) is 9.99. The van der Waals surface area contributed by atoms with Crippen molar-refractivity contribution in [1.29, 1.82) is 0 Å². The van der Waals surface area contributed by atoms with E-state index in [9.17, 15) is 4.57 Å². The van der Waals surface area contributed by atoms with Gasteiger partial charge in [0, 0.05) is 17.4 Å². The van der Waals surface area contributed by atoms with Gasteiger partial charge in [-0.3, -0.25) is 9.09 Å². The van der Waals surface area contributed by atoms with Crippen LogP contribution in [0.4, 0.5) is 0 Å². The maximum Gasteiger partial charge on any atom is 0.459 e. The third-order valence-electron chi connectivity index (χ3n) is 5.30. The highest BCUT2D eigenvalue weighted by Crippen LogP contribution is 2.46. The largest absolute Gasteiger partial charge is 0.459 e. The fourth-order valence-corrected chi connectivity index (χ4v) is 5.39. The Bertz CT molecular complexity index is 1280. The molecule has 2 unspecified atom stereocenters. The van der Waals surface area contributed by atoms with Crippen LogP contribution in [0.25, 0.3) is 21.6 Å². The summed E-state index contributed by atoms with van der Waals surface area (Å²) < 4.78 is 33.0. The van der Waals surface area contributed by atoms with Crippen molar-refractivity contribution in [2.45, 2.75) is 44.7 Å². The summed E-state index contributed by atoms with van der Waals surface area (Å²) >= 11 is 6.11. The Morgan fingerprint density at radius 1 is 1.32 bits per heavy atom. The van der Waals surface area contributed by atoms with Gasteiger partial charge < -0.3 is 9.26 Å². The summed E-state index contributed by atoms with van der Waals surface area (Å²) in [5, 5.41) is 6.90. The quantitative estimate of drug-likeness (QED) is 0.0462. The molecular weight excluding hydrogens is 527 g/mol. The molecule has 3 heterocycles. The minimum absolute atomic E-state index is 0.0980. The molecule has 4 rings (SSSR count). The minimum atomic E-state index is -3.93. The van der Waals surface area contributed by atoms with Gasteiger partial charge in [-0.1, -0.05) is 34.9 Å². The first-order valence-electron chi connectivity index (χ1n) is 11.5. The second-order valence-corrected chi connectivity index (χ2v) is 10.1. The summed E-state index contributed by atoms with van der Waals surface area (Å²) in [5.74, 6) is 0.342. The zero-order valence-electron chi connectivity index (χ0n) is 20.1. The van der Waals surface area contributed by atoms with Crippen LogP contribution in [0.5, 0.6) is 5.75 Å². The minimum Gasteiger partial charge on any atom is -0.413 e. The summed E-state index contributed by atoms with van der Waals surface area (Å²) in [4.78, 5) is 25.3. The van der Waals surface area contributed by atoms with Gasteiger partial charge in [-0.15, -0.1) is 0 Å². The molecule has 0 aliphatic carbocycles. The molecular formula is C21H26ClN8O6P. The number of rotatable bonds is 13. The number of ether oxygens (including phenoxy) is 1. The molecule has 1 saturated heterocycles. The Morgan fingerprint density at radius 2 is 2.14 bits per heavy atom. The molecule has 5 atom stereocenters. The maximum absolute atomic E-state index is 13.7. The molecule has 1 N–H and O–H groups in total. The van der Waals surface area contributed by atoms with Crippen LogP contribution in [0.1, 0.15) is 26.5 Å². The lowest BCUT2D eigenvalue weighted by atomic mass is 10.1. The molecule has 1 aliphatic rings. The van der Waals surface area contributed by atoms with Gasteiger partial charge in [-0.25, -0.2) is 34.4 Å². The van der Waals surface area contributed by atoms with Gasteiger partial charge in [-0.2, -0.15) is 0 Å². The van der Waals surface area contributed by atoms with Gasteiger partial charge >= 0.3 is 7.75 Å². The topological polar surface area (TPSA) is 168 Å². The third-order valence-corrected chi connectivity index (χ3v) is 7.28. The molecule has 0 saturated carbocycles. The molecule has 0 spiro atoms. The first-order valence-corrected chi connectivity index (χ1v) is 13.4. The van der Waals surface area contributed by atoms with Gasteiger partial charge in [-0.05, 0) is 31.5 Å². The Balaban J connectivity index is 1.49. The van der Waals surface area contributed by atoms with Crippen LogP contribution in [0.3, 0.4) is 0 Å². The van der Waals surface area contributed by atoms with E-state index in [1.807, 2.05) is 0 Å². The van der Waals surface area contributed by atoms with Crippen LogP contribution in [0.15, 0.2) is 48.1 Å². The zero-order valence-corrected chi connectivity index (χ0v) is 21.7. The van der Waals surface area contributed by atoms with Crippen LogP contribution in [-0.4, -0.2) is 57.5 Å². The smallest absolute Gasteiger partial charge is 0.413 e. The van der Waals surface area contributed by atoms with Gasteiger partial charge in [0.1, 0.15) is 23.8 Å². The molecule has 198 valence electrons. The van der Waals surface area contributed by atoms with Crippen molar-refractivity contribution in [2.24, 2.45) is 5.11 Å². The van der Waals surface area contributed by atoms with Crippen molar-refractivity contribution in [1.82, 2.24) is 24.6 Å². The number of nitrogens with zero attached hydrogens (tertiary/aromatic N) is 7. The number of para-hydroxylation sites is 1. The third kappa shape index (κ3) is 6.95. The zero-order chi connectivity index (χ0) is 26.3. The van der Waals surface area contributed by atoms with Crippen LogP contribution >= 0.6 is 19.3 Å². The van der Waals surface area contributed by atoms with Gasteiger partial charge in [0.25, 0.3) is 0 Å². The highest BCUT2D eigenvalue weighted by molar-refractivity contribution is 7.52. The highest BCUT2D eigenvalue weighted by Gasteiger charge is 2.39. The fraction of sp³-hybridized carbons (Fsp3) is 0.476. The van der Waals surface area contributed by atoms with Gasteiger partial charge in [0.05, 0.1) is 38.3 Å². The fourth-order valence-electron chi connectivity index (χ4n) is 3.68. The van der Waals surface area contributed by atoms with Crippen molar-refractivity contribution in [3.63, 3.8) is 0 Å². The molecule has 0 amide bonds. The summed E-state index contributed by atoms with van der Waals surface area (Å²) in [6.07, 6.45) is 1.84. The lowest BCUT2D eigenvalue weighted by Gasteiger charge is -2.25. The number of hydrogen-bond acceptors (Lipinski definition) is 10. The molecule has 2 aromatic heterocycles. The summed E-state index contributed by atoms with van der Waals surface area (Å²) in [6, 6.07) is 7.53. The van der Waals surface area contributed by atoms with Crippen LogP contribution in [0.2, 0.25) is 5.15 Å². The molecule has 1 fully saturated rings. The Labute approximate surface area is 217 Å². The Hall–Kier alpha value is -2.80. The standard InChI is InChI=1S/C21H26ClN8O6P/c1-3-32-33-10-14(2)28-37(31,36-15-7-5-4-6-8-15)34-11-17-16(27-29-23)9-18(35-17)30-13-26-19-20(22)24-12-25-21(19)30/h4-8,12-14,16-18H,3,9-11H2,1-2H3,(H,28,31)/t14-,16?,17-,18-,37?/m0/s1. The predicted molar refractivity (Wildman–Crippen MR) is 133 cm³/mol. The van der Waals surface area contributed by atoms with Crippen LogP contribution in [-0.2, 0) is 23.6 Å². The number of aromatic nitrogens is 4. The number of fused-ring (bicyclic) bond motifs is 1. The number of benzene rings is 1. The number of nitrogens with one attached hydrogen (secondary N) is 1. The molecule has 0 radical (unpaired) electrons. The van der Waals surface area contributed by atoms with E-state index in [-0.39, 0.29) is 18.4 Å². The molecule has 1 aliphatic heterocycles. The van der Waals surface area contributed by atoms with Crippen molar-refractivity contribution in [3.05, 3.63) is 58.6 Å². The summed E-state index contributed by atoms with van der Waals surface area (Å²) in [6.45, 7) is 3.80. The highest BCUT2D eigenvalue weighted by atomic mass is 35.5. The SMILES string of the molecule is CCOOC[C@H](C)NP(=O)(OC[C@@H]1O[C@H](n2cnc3c(Cl)ncnc32)CC1N=[N+]=[N-])Oc1ccccc1. The van der Waals surface area contributed by atoms with Crippen LogP contribution in [0, 0.1) is 0 Å². The van der Waals surface area contributed by atoms with Crippen molar-refractivity contribution in [3.8, 4) is 5.75 Å². The normalized spacial score (nSPS) is 21.9. The predicted octanol–water partition coefficient (Wildman–Crippen LogP) is 4.60.